The molecule has 0 aromatic heterocycles. The molecule has 0 fully saturated rings. The molecule has 0 rings (SSSR count). The molecule has 100 valence electrons. The van der Waals surface area contributed by atoms with Crippen LogP contribution in [0.5, 0.6) is 0 Å². The van der Waals surface area contributed by atoms with E-state index < -0.39 is 5.69 Å². The third-order valence-corrected chi connectivity index (χ3v) is 6.69. The van der Waals surface area contributed by atoms with Crippen LogP contribution in [-0.2, 0) is 30.4 Å². The molecule has 4 nitrogen and oxygen atoms in total. The maximum Gasteiger partial charge on any atom is 0.331 e. The highest BCUT2D eigenvalue weighted by Gasteiger charge is 2.20. The van der Waals surface area contributed by atoms with Gasteiger partial charge in [-0.15, -0.1) is 0 Å². The molecule has 0 aromatic rings. The van der Waals surface area contributed by atoms with Gasteiger partial charge in [0.05, 0.1) is 19.8 Å². The van der Waals surface area contributed by atoms with Crippen LogP contribution in [0.25, 0.3) is 0 Å². The van der Waals surface area contributed by atoms with E-state index in [4.69, 9.17) is 25.6 Å². The molecule has 0 amide bonds. The number of hydrogen-bond donors (Lipinski definition) is 0. The van der Waals surface area contributed by atoms with Gasteiger partial charge in [0, 0.05) is 6.08 Å². The van der Waals surface area contributed by atoms with Crippen molar-refractivity contribution in [1.82, 2.24) is 0 Å². The van der Waals surface area contributed by atoms with Gasteiger partial charge in [0.15, 0.2) is 0 Å². The monoisotopic (exact) mass is 298 g/mol. The number of allylic oxidation sites excluding steroid dienone is 1. The molecule has 0 heterocycles. The van der Waals surface area contributed by atoms with Crippen LogP contribution in [0.1, 0.15) is 27.7 Å². The number of carbonyl (C=O) groups excluding carboxylic acids is 1. The zero-order valence-corrected chi connectivity index (χ0v) is 13.1. The predicted octanol–water partition coefficient (Wildman–Crippen LogP) is 3.48. The molecule has 7 heteroatoms. The minimum Gasteiger partial charge on any atom is -0.463 e. The SMILES string of the molecule is CCOC(=O)/C=C(/C)SP(=S)(OCC)OCC. The molecule has 0 aromatic carbocycles. The minimum absolute atomic E-state index is 0.359. The Morgan fingerprint density at radius 3 is 2.18 bits per heavy atom. The fourth-order valence-corrected chi connectivity index (χ4v) is 6.13. The van der Waals surface area contributed by atoms with Crippen molar-refractivity contribution < 1.29 is 18.6 Å². The average molecular weight is 298 g/mol. The fraction of sp³-hybridized carbons (Fsp3) is 0.700. The number of ether oxygens (including phenoxy) is 1. The summed E-state index contributed by atoms with van der Waals surface area (Å²) in [5.74, 6) is -0.368. The molecule has 0 aliphatic carbocycles. The number of rotatable bonds is 8. The van der Waals surface area contributed by atoms with Crippen molar-refractivity contribution in [3.8, 4) is 0 Å². The Labute approximate surface area is 112 Å². The quantitative estimate of drug-likeness (QED) is 0.388. The molecule has 0 saturated carbocycles. The summed E-state index contributed by atoms with van der Waals surface area (Å²) in [6.07, 6.45) is 1.41. The lowest BCUT2D eigenvalue weighted by Crippen LogP contribution is -2.00. The normalized spacial score (nSPS) is 12.6. The zero-order chi connectivity index (χ0) is 13.3. The van der Waals surface area contributed by atoms with Gasteiger partial charge < -0.3 is 13.8 Å². The molecule has 0 aliphatic rings. The van der Waals surface area contributed by atoms with E-state index in [1.807, 2.05) is 13.8 Å². The first-order chi connectivity index (χ1) is 7.97. The Morgan fingerprint density at radius 1 is 1.24 bits per heavy atom. The Bertz CT molecular complexity index is 307. The molecule has 17 heavy (non-hydrogen) atoms. The Morgan fingerprint density at radius 2 is 1.76 bits per heavy atom. The lowest BCUT2D eigenvalue weighted by molar-refractivity contribution is -0.137. The first-order valence-electron chi connectivity index (χ1n) is 5.41. The Hall–Kier alpha value is 0.130. The molecule has 0 atom stereocenters. The zero-order valence-electron chi connectivity index (χ0n) is 10.6. The van der Waals surface area contributed by atoms with Crippen LogP contribution in [0.3, 0.4) is 0 Å². The van der Waals surface area contributed by atoms with Gasteiger partial charge in [0.1, 0.15) is 0 Å². The maximum absolute atomic E-state index is 11.2. The smallest absolute Gasteiger partial charge is 0.331 e. The van der Waals surface area contributed by atoms with E-state index in [0.29, 0.717) is 19.8 Å². The van der Waals surface area contributed by atoms with Gasteiger partial charge >= 0.3 is 5.97 Å². The first-order valence-corrected chi connectivity index (χ1v) is 9.47. The van der Waals surface area contributed by atoms with E-state index in [1.54, 1.807) is 13.8 Å². The van der Waals surface area contributed by atoms with E-state index in [2.05, 4.69) is 0 Å². The van der Waals surface area contributed by atoms with Crippen molar-refractivity contribution in [2.24, 2.45) is 0 Å². The van der Waals surface area contributed by atoms with Crippen LogP contribution in [0, 0.1) is 0 Å². The molecule has 0 aliphatic heterocycles. The van der Waals surface area contributed by atoms with Gasteiger partial charge in [-0.05, 0) is 55.8 Å². The van der Waals surface area contributed by atoms with Crippen molar-refractivity contribution in [2.75, 3.05) is 19.8 Å². The Kier molecular flexibility index (Phi) is 9.18. The largest absolute Gasteiger partial charge is 0.463 e. The van der Waals surface area contributed by atoms with E-state index >= 15 is 0 Å². The van der Waals surface area contributed by atoms with Gasteiger partial charge in [-0.3, -0.25) is 0 Å². The average Bonchev–Trinajstić information content (AvgIpc) is 2.17. The summed E-state index contributed by atoms with van der Waals surface area (Å²) in [6, 6.07) is 0. The van der Waals surface area contributed by atoms with Crippen molar-refractivity contribution in [3.05, 3.63) is 11.0 Å². The van der Waals surface area contributed by atoms with Crippen molar-refractivity contribution >= 4 is 34.9 Å². The highest BCUT2D eigenvalue weighted by molar-refractivity contribution is 8.69. The van der Waals surface area contributed by atoms with Crippen molar-refractivity contribution in [1.29, 1.82) is 0 Å². The Balaban J connectivity index is 4.54. The highest BCUT2D eigenvalue weighted by Crippen LogP contribution is 2.63. The van der Waals surface area contributed by atoms with Crippen molar-refractivity contribution in [3.63, 3.8) is 0 Å². The fourth-order valence-electron chi connectivity index (χ4n) is 0.959. The van der Waals surface area contributed by atoms with E-state index in [9.17, 15) is 4.79 Å². The molecular formula is C10H19O4PS2. The second-order valence-electron chi connectivity index (χ2n) is 2.88. The molecule has 0 spiro atoms. The lowest BCUT2D eigenvalue weighted by Gasteiger charge is -2.19. The topological polar surface area (TPSA) is 44.8 Å². The maximum atomic E-state index is 11.2. The van der Waals surface area contributed by atoms with Crippen LogP contribution >= 0.6 is 17.1 Å². The van der Waals surface area contributed by atoms with Gasteiger partial charge in [-0.25, -0.2) is 4.79 Å². The molecule has 0 bridgehead atoms. The molecule has 0 N–H and O–H groups in total. The summed E-state index contributed by atoms with van der Waals surface area (Å²) in [4.78, 5) is 12.0. The van der Waals surface area contributed by atoms with E-state index in [1.165, 1.54) is 17.5 Å². The first kappa shape index (κ1) is 17.1. The van der Waals surface area contributed by atoms with E-state index in [0.717, 1.165) is 4.91 Å². The third kappa shape index (κ3) is 7.95. The summed E-state index contributed by atoms with van der Waals surface area (Å²) >= 11 is 6.62. The van der Waals surface area contributed by atoms with Crippen LogP contribution in [-0.4, -0.2) is 25.8 Å². The van der Waals surface area contributed by atoms with Crippen LogP contribution in [0.15, 0.2) is 11.0 Å². The minimum atomic E-state index is -2.38. The third-order valence-electron chi connectivity index (χ3n) is 1.44. The van der Waals surface area contributed by atoms with Gasteiger partial charge in [0.2, 0.25) is 0 Å². The predicted molar refractivity (Wildman–Crippen MR) is 75.5 cm³/mol. The van der Waals surface area contributed by atoms with Gasteiger partial charge in [0.25, 0.3) is 5.69 Å². The van der Waals surface area contributed by atoms with Gasteiger partial charge in [-0.2, -0.15) is 0 Å². The summed E-state index contributed by atoms with van der Waals surface area (Å²) in [7, 11) is 0. The molecule has 0 unspecified atom stereocenters. The molecule has 0 saturated heterocycles. The number of esters is 1. The highest BCUT2D eigenvalue weighted by atomic mass is 32.9. The second-order valence-corrected chi connectivity index (χ2v) is 9.24. The summed E-state index contributed by atoms with van der Waals surface area (Å²) in [6.45, 7) is 8.64. The lowest BCUT2D eigenvalue weighted by atomic mass is 10.5. The van der Waals surface area contributed by atoms with Gasteiger partial charge in [-0.1, -0.05) is 0 Å². The van der Waals surface area contributed by atoms with Crippen LogP contribution < -0.4 is 0 Å². The van der Waals surface area contributed by atoms with Crippen LogP contribution in [0.2, 0.25) is 0 Å². The number of carbonyl (C=O) groups is 1. The van der Waals surface area contributed by atoms with Crippen molar-refractivity contribution in [2.45, 2.75) is 27.7 Å². The summed E-state index contributed by atoms with van der Waals surface area (Å²) < 4.78 is 15.7. The second kappa shape index (κ2) is 9.11. The number of hydrogen-bond acceptors (Lipinski definition) is 6. The van der Waals surface area contributed by atoms with E-state index in [-0.39, 0.29) is 5.97 Å². The molecular weight excluding hydrogens is 279 g/mol. The van der Waals surface area contributed by atoms with Crippen LogP contribution in [0.4, 0.5) is 0 Å². The molecule has 0 radical (unpaired) electrons. The standard InChI is InChI=1S/C10H19O4PS2/c1-5-12-10(11)8-9(4)17-15(16,13-6-2)14-7-3/h8H,5-7H2,1-4H3/b9-8-. The summed E-state index contributed by atoms with van der Waals surface area (Å²) in [5.41, 5.74) is -2.38. The summed E-state index contributed by atoms with van der Waals surface area (Å²) in [5, 5.41) is 0.